The lowest BCUT2D eigenvalue weighted by molar-refractivity contribution is 0.471. The maximum atomic E-state index is 10.6. The fourth-order valence-corrected chi connectivity index (χ4v) is 1.68. The third kappa shape index (κ3) is 5.64. The number of primary sulfonamides is 1. The molecule has 90 valence electrons. The summed E-state index contributed by atoms with van der Waals surface area (Å²) in [4.78, 5) is 3.97. The van der Waals surface area contributed by atoms with Crippen LogP contribution in [0.3, 0.4) is 0 Å². The van der Waals surface area contributed by atoms with Crippen LogP contribution in [0.25, 0.3) is 0 Å². The summed E-state index contributed by atoms with van der Waals surface area (Å²) in [7, 11) is -3.36. The molecule has 1 rings (SSSR count). The Balaban J connectivity index is 2.19. The third-order valence-corrected chi connectivity index (χ3v) is 2.76. The van der Waals surface area contributed by atoms with Crippen molar-refractivity contribution in [1.82, 2.24) is 10.3 Å². The molecule has 0 aliphatic heterocycles. The second-order valence-corrected chi connectivity index (χ2v) is 5.14. The predicted molar refractivity (Wildman–Crippen MR) is 60.2 cm³/mol. The summed E-state index contributed by atoms with van der Waals surface area (Å²) in [6, 6.07) is 3.25. The number of nitrogens with zero attached hydrogens (tertiary/aromatic N) is 1. The molecule has 6 nitrogen and oxygen atoms in total. The van der Waals surface area contributed by atoms with E-state index in [1.807, 2.05) is 0 Å². The zero-order valence-corrected chi connectivity index (χ0v) is 9.57. The van der Waals surface area contributed by atoms with Crippen molar-refractivity contribution in [1.29, 1.82) is 0 Å². The lowest BCUT2D eigenvalue weighted by atomic mass is 10.3. The molecule has 0 aliphatic rings. The first-order chi connectivity index (χ1) is 7.47. The van der Waals surface area contributed by atoms with Crippen LogP contribution in [0.1, 0.15) is 12.1 Å². The van der Waals surface area contributed by atoms with E-state index in [-0.39, 0.29) is 11.5 Å². The Morgan fingerprint density at radius 2 is 2.19 bits per heavy atom. The normalized spacial score (nSPS) is 11.6. The van der Waals surface area contributed by atoms with Crippen molar-refractivity contribution in [2.45, 2.75) is 13.0 Å². The second-order valence-electron chi connectivity index (χ2n) is 3.41. The van der Waals surface area contributed by atoms with Crippen LogP contribution >= 0.6 is 0 Å². The van der Waals surface area contributed by atoms with Crippen LogP contribution in [0.5, 0.6) is 5.75 Å². The third-order valence-electron chi connectivity index (χ3n) is 1.90. The number of hydrogen-bond donors (Lipinski definition) is 3. The van der Waals surface area contributed by atoms with Crippen LogP contribution in [-0.2, 0) is 16.6 Å². The summed E-state index contributed by atoms with van der Waals surface area (Å²) in [6.07, 6.45) is 1.83. The van der Waals surface area contributed by atoms with Gasteiger partial charge in [0.05, 0.1) is 17.6 Å². The second kappa shape index (κ2) is 5.78. The molecule has 0 aliphatic carbocycles. The quantitative estimate of drug-likeness (QED) is 0.589. The largest absolute Gasteiger partial charge is 0.506 e. The number of aromatic hydroxyl groups is 1. The smallest absolute Gasteiger partial charge is 0.209 e. The molecule has 7 heteroatoms. The van der Waals surface area contributed by atoms with Crippen molar-refractivity contribution in [2.24, 2.45) is 5.14 Å². The van der Waals surface area contributed by atoms with Crippen molar-refractivity contribution in [3.63, 3.8) is 0 Å². The first-order valence-electron chi connectivity index (χ1n) is 4.82. The van der Waals surface area contributed by atoms with E-state index in [2.05, 4.69) is 10.3 Å². The van der Waals surface area contributed by atoms with Crippen LogP contribution in [0, 0.1) is 0 Å². The lowest BCUT2D eigenvalue weighted by Gasteiger charge is -2.03. The van der Waals surface area contributed by atoms with Gasteiger partial charge in [-0.15, -0.1) is 0 Å². The number of rotatable bonds is 6. The molecule has 0 radical (unpaired) electrons. The van der Waals surface area contributed by atoms with Gasteiger partial charge in [0.15, 0.2) is 0 Å². The van der Waals surface area contributed by atoms with E-state index < -0.39 is 10.0 Å². The zero-order chi connectivity index (χ0) is 12.0. The maximum absolute atomic E-state index is 10.6. The number of nitrogens with one attached hydrogen (secondary N) is 1. The topological polar surface area (TPSA) is 105 Å². The highest BCUT2D eigenvalue weighted by Crippen LogP contribution is 2.05. The standard InChI is InChI=1S/C9H15N3O3S/c10-16(14,15)5-1-4-11-6-8-2-3-9(13)7-12-8/h2-3,7,11,13H,1,4-6H2,(H2,10,14,15). The van der Waals surface area contributed by atoms with E-state index in [1.54, 1.807) is 12.1 Å². The zero-order valence-electron chi connectivity index (χ0n) is 8.76. The van der Waals surface area contributed by atoms with Gasteiger partial charge in [0.2, 0.25) is 10.0 Å². The minimum Gasteiger partial charge on any atom is -0.506 e. The van der Waals surface area contributed by atoms with Crippen molar-refractivity contribution in [3.05, 3.63) is 24.0 Å². The summed E-state index contributed by atoms with van der Waals surface area (Å²) < 4.78 is 21.2. The molecule has 0 spiro atoms. The minimum absolute atomic E-state index is 0.0248. The summed E-state index contributed by atoms with van der Waals surface area (Å²) in [5.74, 6) is 0.0983. The highest BCUT2D eigenvalue weighted by atomic mass is 32.2. The number of aromatic nitrogens is 1. The molecule has 1 aromatic rings. The number of hydrogen-bond acceptors (Lipinski definition) is 5. The molecule has 0 unspecified atom stereocenters. The molecular weight excluding hydrogens is 230 g/mol. The Hall–Kier alpha value is -1.18. The van der Waals surface area contributed by atoms with Crippen LogP contribution in [0.15, 0.2) is 18.3 Å². The van der Waals surface area contributed by atoms with E-state index in [9.17, 15) is 8.42 Å². The Morgan fingerprint density at radius 1 is 1.44 bits per heavy atom. The number of nitrogens with two attached hydrogens (primary N) is 1. The molecule has 1 aromatic heterocycles. The Morgan fingerprint density at radius 3 is 2.75 bits per heavy atom. The molecule has 0 bridgehead atoms. The van der Waals surface area contributed by atoms with Gasteiger partial charge in [-0.3, -0.25) is 4.98 Å². The van der Waals surface area contributed by atoms with Crippen LogP contribution in [-0.4, -0.2) is 30.8 Å². The molecule has 4 N–H and O–H groups in total. The van der Waals surface area contributed by atoms with E-state index >= 15 is 0 Å². The van der Waals surface area contributed by atoms with Gasteiger partial charge in [0.25, 0.3) is 0 Å². The Labute approximate surface area is 94.6 Å². The molecule has 0 saturated carbocycles. The van der Waals surface area contributed by atoms with Gasteiger partial charge in [-0.05, 0) is 25.1 Å². The van der Waals surface area contributed by atoms with Gasteiger partial charge in [-0.1, -0.05) is 0 Å². The molecular formula is C9H15N3O3S. The van der Waals surface area contributed by atoms with E-state index in [0.29, 0.717) is 19.5 Å². The van der Waals surface area contributed by atoms with Crippen molar-refractivity contribution in [2.75, 3.05) is 12.3 Å². The highest BCUT2D eigenvalue weighted by Gasteiger charge is 2.01. The molecule has 16 heavy (non-hydrogen) atoms. The number of sulfonamides is 1. The SMILES string of the molecule is NS(=O)(=O)CCCNCc1ccc(O)cn1. The van der Waals surface area contributed by atoms with E-state index in [0.717, 1.165) is 5.69 Å². The van der Waals surface area contributed by atoms with Crippen LogP contribution in [0.4, 0.5) is 0 Å². The molecule has 0 amide bonds. The summed E-state index contributed by atoms with van der Waals surface area (Å²) in [5.41, 5.74) is 0.786. The van der Waals surface area contributed by atoms with Crippen LogP contribution in [0.2, 0.25) is 0 Å². The van der Waals surface area contributed by atoms with E-state index in [1.165, 1.54) is 6.20 Å². The summed E-state index contributed by atoms with van der Waals surface area (Å²) in [5, 5.41) is 16.9. The van der Waals surface area contributed by atoms with Gasteiger partial charge in [0.1, 0.15) is 5.75 Å². The predicted octanol–water partition coefficient (Wildman–Crippen LogP) is -0.445. The number of pyridine rings is 1. The summed E-state index contributed by atoms with van der Waals surface area (Å²) in [6.45, 7) is 1.09. The minimum atomic E-state index is -3.36. The van der Waals surface area contributed by atoms with Gasteiger partial charge in [-0.25, -0.2) is 13.6 Å². The van der Waals surface area contributed by atoms with Crippen LogP contribution < -0.4 is 10.5 Å². The average Bonchev–Trinajstić information content (AvgIpc) is 2.19. The average molecular weight is 245 g/mol. The Bertz CT molecular complexity index is 416. The fraction of sp³-hybridized carbons (Fsp3) is 0.444. The van der Waals surface area contributed by atoms with Gasteiger partial charge < -0.3 is 10.4 Å². The first-order valence-corrected chi connectivity index (χ1v) is 6.54. The van der Waals surface area contributed by atoms with Gasteiger partial charge >= 0.3 is 0 Å². The Kier molecular flexibility index (Phi) is 4.66. The fourth-order valence-electron chi connectivity index (χ4n) is 1.14. The summed E-state index contributed by atoms with van der Waals surface area (Å²) >= 11 is 0. The first kappa shape index (κ1) is 12.9. The van der Waals surface area contributed by atoms with Gasteiger partial charge in [-0.2, -0.15) is 0 Å². The molecule has 0 atom stereocenters. The molecule has 0 aromatic carbocycles. The molecule has 1 heterocycles. The van der Waals surface area contributed by atoms with E-state index in [4.69, 9.17) is 10.2 Å². The van der Waals surface area contributed by atoms with Crippen molar-refractivity contribution >= 4 is 10.0 Å². The highest BCUT2D eigenvalue weighted by molar-refractivity contribution is 7.89. The van der Waals surface area contributed by atoms with Crippen molar-refractivity contribution in [3.8, 4) is 5.75 Å². The van der Waals surface area contributed by atoms with Gasteiger partial charge in [0, 0.05) is 6.54 Å². The molecule has 0 saturated heterocycles. The van der Waals surface area contributed by atoms with Crippen molar-refractivity contribution < 1.29 is 13.5 Å². The lowest BCUT2D eigenvalue weighted by Crippen LogP contribution is -2.22. The maximum Gasteiger partial charge on any atom is 0.209 e. The molecule has 0 fully saturated rings. The monoisotopic (exact) mass is 245 g/mol.